The van der Waals surface area contributed by atoms with Gasteiger partial charge in [-0.05, 0) is 6.42 Å². The molecule has 1 saturated heterocycles. The number of carbonyl (C=O) groups is 1. The number of likely N-dealkylation sites (tertiary alicyclic amines) is 1. The summed E-state index contributed by atoms with van der Waals surface area (Å²) in [5.41, 5.74) is -0.913. The molecule has 1 aromatic rings. The number of H-pyrrole nitrogens is 1. The predicted molar refractivity (Wildman–Crippen MR) is 72.5 cm³/mol. The molecule has 1 aliphatic heterocycles. The lowest BCUT2D eigenvalue weighted by molar-refractivity contribution is -0.130. The van der Waals surface area contributed by atoms with E-state index in [9.17, 15) is 14.4 Å². The molecule has 1 fully saturated rings. The number of methoxy groups -OCH3 is 1. The van der Waals surface area contributed by atoms with Gasteiger partial charge in [-0.2, -0.15) is 0 Å². The molecule has 1 aromatic heterocycles. The van der Waals surface area contributed by atoms with Gasteiger partial charge in [-0.1, -0.05) is 0 Å². The fourth-order valence-electron chi connectivity index (χ4n) is 2.43. The fourth-order valence-corrected chi connectivity index (χ4v) is 2.43. The Bertz CT molecular complexity index is 577. The van der Waals surface area contributed by atoms with Crippen LogP contribution in [0.2, 0.25) is 0 Å². The largest absolute Gasteiger partial charge is 0.384 e. The van der Waals surface area contributed by atoms with Crippen LogP contribution in [0.4, 0.5) is 0 Å². The van der Waals surface area contributed by atoms with Crippen LogP contribution in [0.15, 0.2) is 21.9 Å². The highest BCUT2D eigenvalue weighted by atomic mass is 16.5. The standard InChI is InChI=1S/C13H19N3O4/c1-20-9-10-2-5-16(8-10)12(18)4-7-15-6-3-11(17)14-13(15)19/h3,6,10H,2,4-5,7-9H2,1H3,(H,14,17,19). The molecule has 7 heteroatoms. The van der Waals surface area contributed by atoms with Crippen molar-refractivity contribution in [3.63, 3.8) is 0 Å². The molecule has 2 heterocycles. The van der Waals surface area contributed by atoms with E-state index in [0.29, 0.717) is 19.1 Å². The average molecular weight is 281 g/mol. The molecule has 1 unspecified atom stereocenters. The van der Waals surface area contributed by atoms with Gasteiger partial charge in [-0.3, -0.25) is 14.6 Å². The van der Waals surface area contributed by atoms with Crippen LogP contribution in [0, 0.1) is 5.92 Å². The van der Waals surface area contributed by atoms with Gasteiger partial charge in [0.05, 0.1) is 6.61 Å². The Morgan fingerprint density at radius 2 is 2.30 bits per heavy atom. The summed E-state index contributed by atoms with van der Waals surface area (Å²) < 4.78 is 6.43. The number of hydrogen-bond acceptors (Lipinski definition) is 4. The number of rotatable bonds is 5. The van der Waals surface area contributed by atoms with Gasteiger partial charge < -0.3 is 14.2 Å². The molecule has 0 radical (unpaired) electrons. The van der Waals surface area contributed by atoms with E-state index in [4.69, 9.17) is 4.74 Å². The van der Waals surface area contributed by atoms with Gasteiger partial charge in [0.25, 0.3) is 5.56 Å². The molecule has 20 heavy (non-hydrogen) atoms. The van der Waals surface area contributed by atoms with Crippen molar-refractivity contribution >= 4 is 5.91 Å². The van der Waals surface area contributed by atoms with Crippen LogP contribution in [-0.4, -0.2) is 47.2 Å². The maximum Gasteiger partial charge on any atom is 0.328 e. The van der Waals surface area contributed by atoms with Crippen LogP contribution in [-0.2, 0) is 16.1 Å². The zero-order valence-electron chi connectivity index (χ0n) is 11.5. The minimum atomic E-state index is -0.482. The Kier molecular flexibility index (Phi) is 4.73. The van der Waals surface area contributed by atoms with E-state index in [0.717, 1.165) is 13.0 Å². The predicted octanol–water partition coefficient (Wildman–Crippen LogP) is -0.578. The lowest BCUT2D eigenvalue weighted by atomic mass is 10.1. The highest BCUT2D eigenvalue weighted by molar-refractivity contribution is 5.76. The zero-order valence-corrected chi connectivity index (χ0v) is 11.5. The molecular formula is C13H19N3O4. The summed E-state index contributed by atoms with van der Waals surface area (Å²) in [5.74, 6) is 0.432. The number of aryl methyl sites for hydroxylation is 1. The van der Waals surface area contributed by atoms with Gasteiger partial charge in [0.2, 0.25) is 5.91 Å². The number of hydrogen-bond donors (Lipinski definition) is 1. The van der Waals surface area contributed by atoms with Gasteiger partial charge in [-0.15, -0.1) is 0 Å². The average Bonchev–Trinajstić information content (AvgIpc) is 2.86. The summed E-state index contributed by atoms with van der Waals surface area (Å²) in [5, 5.41) is 0. The lowest BCUT2D eigenvalue weighted by Gasteiger charge is -2.16. The summed E-state index contributed by atoms with van der Waals surface area (Å²) in [4.78, 5) is 38.4. The molecule has 7 nitrogen and oxygen atoms in total. The zero-order chi connectivity index (χ0) is 14.5. The molecule has 1 atom stereocenters. The third-order valence-electron chi connectivity index (χ3n) is 3.50. The second-order valence-corrected chi connectivity index (χ2v) is 5.00. The van der Waals surface area contributed by atoms with Crippen LogP contribution < -0.4 is 11.2 Å². The molecule has 0 aromatic carbocycles. The van der Waals surface area contributed by atoms with E-state index in [1.807, 2.05) is 0 Å². The SMILES string of the molecule is COCC1CCN(C(=O)CCn2ccc(=O)[nH]c2=O)C1. The maximum atomic E-state index is 12.0. The summed E-state index contributed by atoms with van der Waals surface area (Å²) >= 11 is 0. The van der Waals surface area contributed by atoms with Crippen molar-refractivity contribution in [2.45, 2.75) is 19.4 Å². The normalized spacial score (nSPS) is 18.4. The molecule has 0 aliphatic carbocycles. The van der Waals surface area contributed by atoms with Crippen LogP contribution in [0.3, 0.4) is 0 Å². The number of nitrogens with one attached hydrogen (secondary N) is 1. The monoisotopic (exact) mass is 281 g/mol. The van der Waals surface area contributed by atoms with Gasteiger partial charge >= 0.3 is 5.69 Å². The second kappa shape index (κ2) is 6.51. The van der Waals surface area contributed by atoms with Crippen LogP contribution in [0.25, 0.3) is 0 Å². The van der Waals surface area contributed by atoms with Gasteiger partial charge in [-0.25, -0.2) is 4.79 Å². The van der Waals surface area contributed by atoms with Gasteiger partial charge in [0.1, 0.15) is 0 Å². The molecule has 1 aliphatic rings. The van der Waals surface area contributed by atoms with Crippen molar-refractivity contribution in [2.24, 2.45) is 5.92 Å². The van der Waals surface area contributed by atoms with Crippen LogP contribution >= 0.6 is 0 Å². The van der Waals surface area contributed by atoms with E-state index in [-0.39, 0.29) is 18.9 Å². The quantitative estimate of drug-likeness (QED) is 0.782. The number of aromatic amines is 1. The minimum Gasteiger partial charge on any atom is -0.384 e. The lowest BCUT2D eigenvalue weighted by Crippen LogP contribution is -2.33. The first-order valence-corrected chi connectivity index (χ1v) is 6.66. The second-order valence-electron chi connectivity index (χ2n) is 5.00. The Hall–Kier alpha value is -1.89. The van der Waals surface area contributed by atoms with Crippen LogP contribution in [0.5, 0.6) is 0 Å². The molecule has 0 spiro atoms. The Labute approximate surface area is 116 Å². The van der Waals surface area contributed by atoms with Crippen LogP contribution in [0.1, 0.15) is 12.8 Å². The first kappa shape index (κ1) is 14.5. The van der Waals surface area contributed by atoms with Crippen molar-refractivity contribution < 1.29 is 9.53 Å². The highest BCUT2D eigenvalue weighted by Crippen LogP contribution is 2.17. The number of aromatic nitrogens is 2. The number of ether oxygens (including phenoxy) is 1. The maximum absolute atomic E-state index is 12.0. The van der Waals surface area contributed by atoms with Crippen molar-refractivity contribution in [1.82, 2.24) is 14.5 Å². The first-order chi connectivity index (χ1) is 9.60. The Morgan fingerprint density at radius 3 is 3.00 bits per heavy atom. The molecule has 2 rings (SSSR count). The molecule has 1 N–H and O–H groups in total. The van der Waals surface area contributed by atoms with Gasteiger partial charge in [0.15, 0.2) is 0 Å². The highest BCUT2D eigenvalue weighted by Gasteiger charge is 2.25. The molecule has 0 saturated carbocycles. The topological polar surface area (TPSA) is 84.4 Å². The fraction of sp³-hybridized carbons (Fsp3) is 0.615. The molecular weight excluding hydrogens is 262 g/mol. The van der Waals surface area contributed by atoms with E-state index in [1.165, 1.54) is 16.8 Å². The molecule has 1 amide bonds. The van der Waals surface area contributed by atoms with Crippen molar-refractivity contribution in [3.8, 4) is 0 Å². The third kappa shape index (κ3) is 3.57. The molecule has 0 bridgehead atoms. The summed E-state index contributed by atoms with van der Waals surface area (Å²) in [6.07, 6.45) is 2.62. The van der Waals surface area contributed by atoms with E-state index < -0.39 is 11.2 Å². The minimum absolute atomic E-state index is 0.0294. The van der Waals surface area contributed by atoms with Crippen molar-refractivity contribution in [2.75, 3.05) is 26.8 Å². The van der Waals surface area contributed by atoms with E-state index >= 15 is 0 Å². The first-order valence-electron chi connectivity index (χ1n) is 6.66. The van der Waals surface area contributed by atoms with E-state index in [1.54, 1.807) is 12.0 Å². The Balaban J connectivity index is 1.86. The van der Waals surface area contributed by atoms with Crippen molar-refractivity contribution in [1.29, 1.82) is 0 Å². The third-order valence-corrected chi connectivity index (χ3v) is 3.50. The summed E-state index contributed by atoms with van der Waals surface area (Å²) in [6, 6.07) is 1.27. The number of carbonyl (C=O) groups excluding carboxylic acids is 1. The molecule has 110 valence electrons. The van der Waals surface area contributed by atoms with Gasteiger partial charge in [0, 0.05) is 51.3 Å². The Morgan fingerprint density at radius 1 is 1.50 bits per heavy atom. The summed E-state index contributed by atoms with van der Waals surface area (Å²) in [7, 11) is 1.66. The van der Waals surface area contributed by atoms with Crippen molar-refractivity contribution in [3.05, 3.63) is 33.1 Å². The number of amides is 1. The summed E-state index contributed by atoms with van der Waals surface area (Å²) in [6.45, 7) is 2.41. The number of nitrogens with zero attached hydrogens (tertiary/aromatic N) is 2. The smallest absolute Gasteiger partial charge is 0.328 e. The van der Waals surface area contributed by atoms with E-state index in [2.05, 4.69) is 4.98 Å².